The van der Waals surface area contributed by atoms with Crippen LogP contribution >= 0.6 is 22.9 Å². The van der Waals surface area contributed by atoms with Crippen molar-refractivity contribution in [2.45, 2.75) is 26.6 Å². The van der Waals surface area contributed by atoms with E-state index >= 15 is 0 Å². The van der Waals surface area contributed by atoms with E-state index in [2.05, 4.69) is 10.1 Å². The van der Waals surface area contributed by atoms with Crippen LogP contribution in [0.5, 0.6) is 0 Å². The number of nitriles is 1. The molecule has 0 unspecified atom stereocenters. The van der Waals surface area contributed by atoms with E-state index in [0.29, 0.717) is 27.3 Å². The van der Waals surface area contributed by atoms with Crippen LogP contribution in [0.3, 0.4) is 0 Å². The maximum Gasteiger partial charge on any atom is 0.348 e. The molecule has 0 spiro atoms. The fourth-order valence-corrected chi connectivity index (χ4v) is 5.12. The number of nitrogens with zero attached hydrogens (tertiary/aromatic N) is 5. The number of aromatic nitrogens is 4. The van der Waals surface area contributed by atoms with Crippen molar-refractivity contribution in [2.24, 2.45) is 0 Å². The molecule has 2 aromatic carbocycles. The quantitative estimate of drug-likeness (QED) is 0.311. The van der Waals surface area contributed by atoms with Crippen molar-refractivity contribution in [1.82, 2.24) is 19.3 Å². The van der Waals surface area contributed by atoms with E-state index in [1.807, 2.05) is 41.9 Å². The molecule has 0 aliphatic rings. The molecule has 10 heteroatoms. The zero-order chi connectivity index (χ0) is 24.5. The van der Waals surface area contributed by atoms with Gasteiger partial charge in [-0.1, -0.05) is 41.9 Å². The Morgan fingerprint density at radius 1 is 1.17 bits per heavy atom. The second kappa shape index (κ2) is 9.33. The predicted molar refractivity (Wildman–Crippen MR) is 134 cm³/mol. The van der Waals surface area contributed by atoms with Gasteiger partial charge in [0.15, 0.2) is 5.82 Å². The van der Waals surface area contributed by atoms with Crippen molar-refractivity contribution in [3.05, 3.63) is 91.9 Å². The predicted octanol–water partition coefficient (Wildman–Crippen LogP) is 4.70. The number of rotatable bonds is 6. The highest BCUT2D eigenvalue weighted by molar-refractivity contribution is 7.20. The van der Waals surface area contributed by atoms with Crippen molar-refractivity contribution >= 4 is 50.0 Å². The molecule has 0 N–H and O–H groups in total. The van der Waals surface area contributed by atoms with Gasteiger partial charge in [0.1, 0.15) is 22.9 Å². The topological polar surface area (TPSA) is 103 Å². The number of carbonyl (C=O) groups is 1. The first kappa shape index (κ1) is 22.8. The zero-order valence-electron chi connectivity index (χ0n) is 18.6. The van der Waals surface area contributed by atoms with Gasteiger partial charge in [0.25, 0.3) is 5.56 Å². The van der Waals surface area contributed by atoms with Gasteiger partial charge >= 0.3 is 5.97 Å². The highest BCUT2D eigenvalue weighted by Gasteiger charge is 2.19. The fraction of sp³-hybridized carbons (Fsp3) is 0.160. The second-order valence-corrected chi connectivity index (χ2v) is 9.27. The molecular formula is C25H18ClN5O3S. The van der Waals surface area contributed by atoms with E-state index in [-0.39, 0.29) is 24.5 Å². The number of aryl methyl sites for hydroxylation is 1. The average Bonchev–Trinajstić information content (AvgIpc) is 3.42. The minimum absolute atomic E-state index is 0.191. The number of fused-ring (bicyclic) bond motifs is 2. The SMILES string of the molecule is Cc1nn(Cc2ccccc2Cl)c2sc(C(=O)OCc3nc4ccccc4c(=O)n3CC#N)cc12. The van der Waals surface area contributed by atoms with Gasteiger partial charge in [-0.15, -0.1) is 11.3 Å². The maximum absolute atomic E-state index is 12.9. The first-order chi connectivity index (χ1) is 17.0. The lowest BCUT2D eigenvalue weighted by Crippen LogP contribution is -2.26. The standard InChI is InChI=1S/C25H18ClN5O3S/c1-15-18-12-21(35-24(18)31(29-15)13-16-6-2-4-8-19(16)26)25(33)34-14-22-28-20-9-5-3-7-17(20)23(32)30(22)11-10-27/h2-9,12H,11,13-14H2,1H3. The summed E-state index contributed by atoms with van der Waals surface area (Å²) in [5, 5.41) is 15.7. The van der Waals surface area contributed by atoms with Gasteiger partial charge in [0, 0.05) is 10.4 Å². The summed E-state index contributed by atoms with van der Waals surface area (Å²) in [4.78, 5) is 31.4. The lowest BCUT2D eigenvalue weighted by Gasteiger charge is -2.11. The Morgan fingerprint density at radius 2 is 1.94 bits per heavy atom. The number of ether oxygens (including phenoxy) is 1. The summed E-state index contributed by atoms with van der Waals surface area (Å²) >= 11 is 7.58. The van der Waals surface area contributed by atoms with Crippen molar-refractivity contribution in [3.63, 3.8) is 0 Å². The Morgan fingerprint density at radius 3 is 2.74 bits per heavy atom. The molecule has 5 rings (SSSR count). The molecule has 0 radical (unpaired) electrons. The van der Waals surface area contributed by atoms with Crippen molar-refractivity contribution in [3.8, 4) is 6.07 Å². The monoisotopic (exact) mass is 503 g/mol. The van der Waals surface area contributed by atoms with Gasteiger partial charge in [-0.2, -0.15) is 10.4 Å². The number of thiophene rings is 1. The molecule has 8 nitrogen and oxygen atoms in total. The minimum atomic E-state index is -0.541. The van der Waals surface area contributed by atoms with E-state index in [1.165, 1.54) is 15.9 Å². The number of benzene rings is 2. The number of hydrogen-bond acceptors (Lipinski definition) is 7. The van der Waals surface area contributed by atoms with Gasteiger partial charge in [-0.25, -0.2) is 9.78 Å². The normalized spacial score (nSPS) is 11.1. The van der Waals surface area contributed by atoms with Crippen LogP contribution in [0.25, 0.3) is 21.1 Å². The third kappa shape index (κ3) is 4.30. The maximum atomic E-state index is 12.9. The number of carbonyl (C=O) groups excluding carboxylic acids is 1. The summed E-state index contributed by atoms with van der Waals surface area (Å²) in [5.41, 5.74) is 1.85. The van der Waals surface area contributed by atoms with Gasteiger partial charge in [0.05, 0.1) is 29.2 Å². The van der Waals surface area contributed by atoms with E-state index in [1.54, 1.807) is 30.3 Å². The summed E-state index contributed by atoms with van der Waals surface area (Å²) in [6.07, 6.45) is 0. The number of esters is 1. The molecule has 3 aromatic heterocycles. The number of para-hydroxylation sites is 1. The summed E-state index contributed by atoms with van der Waals surface area (Å²) < 4.78 is 8.56. The van der Waals surface area contributed by atoms with Gasteiger partial charge in [0.2, 0.25) is 0 Å². The largest absolute Gasteiger partial charge is 0.453 e. The van der Waals surface area contributed by atoms with E-state index in [9.17, 15) is 9.59 Å². The Labute approximate surface area is 208 Å². The molecule has 0 amide bonds. The van der Waals surface area contributed by atoms with E-state index < -0.39 is 5.97 Å². The van der Waals surface area contributed by atoms with E-state index in [0.717, 1.165) is 21.5 Å². The summed E-state index contributed by atoms with van der Waals surface area (Å²) in [6.45, 7) is 1.93. The highest BCUT2D eigenvalue weighted by Crippen LogP contribution is 2.30. The smallest absolute Gasteiger partial charge is 0.348 e. The lowest BCUT2D eigenvalue weighted by atomic mass is 10.2. The third-order valence-corrected chi connectivity index (χ3v) is 7.09. The number of hydrogen-bond donors (Lipinski definition) is 0. The van der Waals surface area contributed by atoms with Crippen LogP contribution < -0.4 is 5.56 Å². The first-order valence-electron chi connectivity index (χ1n) is 10.7. The molecule has 174 valence electrons. The van der Waals surface area contributed by atoms with Crippen LogP contribution in [0, 0.1) is 18.3 Å². The summed E-state index contributed by atoms with van der Waals surface area (Å²) in [7, 11) is 0. The van der Waals surface area contributed by atoms with Crippen LogP contribution in [0.1, 0.15) is 26.8 Å². The Bertz CT molecular complexity index is 1700. The fourth-order valence-electron chi connectivity index (χ4n) is 3.87. The lowest BCUT2D eigenvalue weighted by molar-refractivity contribution is 0.0463. The Kier molecular flexibility index (Phi) is 6.07. The first-order valence-corrected chi connectivity index (χ1v) is 11.9. The molecule has 0 saturated carbocycles. The van der Waals surface area contributed by atoms with Crippen LogP contribution in [0.2, 0.25) is 5.02 Å². The van der Waals surface area contributed by atoms with Crippen molar-refractivity contribution in [2.75, 3.05) is 0 Å². The van der Waals surface area contributed by atoms with Crippen LogP contribution in [-0.2, 0) is 24.4 Å². The highest BCUT2D eigenvalue weighted by atomic mass is 35.5. The van der Waals surface area contributed by atoms with Crippen LogP contribution in [0.15, 0.2) is 59.4 Å². The molecule has 0 fully saturated rings. The third-order valence-electron chi connectivity index (χ3n) is 5.59. The van der Waals surface area contributed by atoms with E-state index in [4.69, 9.17) is 21.6 Å². The molecule has 0 bridgehead atoms. The van der Waals surface area contributed by atoms with Crippen molar-refractivity contribution in [1.29, 1.82) is 5.26 Å². The molecule has 0 aliphatic carbocycles. The average molecular weight is 504 g/mol. The molecule has 0 aliphatic heterocycles. The van der Waals surface area contributed by atoms with Gasteiger partial charge < -0.3 is 4.74 Å². The molecule has 0 atom stereocenters. The van der Waals surface area contributed by atoms with Gasteiger partial charge in [-0.3, -0.25) is 14.0 Å². The molecule has 5 aromatic rings. The summed E-state index contributed by atoms with van der Waals surface area (Å²) in [5.74, 6) is -0.327. The van der Waals surface area contributed by atoms with Crippen molar-refractivity contribution < 1.29 is 9.53 Å². The summed E-state index contributed by atoms with van der Waals surface area (Å²) in [6, 6.07) is 18.1. The minimum Gasteiger partial charge on any atom is -0.453 e. The molecule has 0 saturated heterocycles. The Balaban J connectivity index is 1.41. The molecule has 35 heavy (non-hydrogen) atoms. The zero-order valence-corrected chi connectivity index (χ0v) is 20.1. The van der Waals surface area contributed by atoms with Crippen LogP contribution in [-0.4, -0.2) is 25.3 Å². The van der Waals surface area contributed by atoms with Gasteiger partial charge in [-0.05, 0) is 36.8 Å². The molecule has 3 heterocycles. The Hall–Kier alpha value is -4.00. The second-order valence-electron chi connectivity index (χ2n) is 7.83. The van der Waals surface area contributed by atoms with Crippen LogP contribution in [0.4, 0.5) is 0 Å². The number of halogens is 1. The molecular weight excluding hydrogens is 486 g/mol.